The Bertz CT molecular complexity index is 385. The van der Waals surface area contributed by atoms with Gasteiger partial charge in [-0.3, -0.25) is 4.79 Å². The third kappa shape index (κ3) is 3.37. The van der Waals surface area contributed by atoms with Gasteiger partial charge in [0.25, 0.3) is 0 Å². The molecule has 0 aliphatic heterocycles. The summed E-state index contributed by atoms with van der Waals surface area (Å²) in [5, 5.41) is 0. The number of carbonyl (C=O) groups is 1. The van der Waals surface area contributed by atoms with Crippen LogP contribution in [0.25, 0.3) is 0 Å². The van der Waals surface area contributed by atoms with Crippen LogP contribution in [0.4, 0.5) is 5.69 Å². The fourth-order valence-corrected chi connectivity index (χ4v) is 1.66. The maximum absolute atomic E-state index is 11.7. The minimum Gasteiger partial charge on any atom is -0.493 e. The van der Waals surface area contributed by atoms with Gasteiger partial charge in [0.1, 0.15) is 5.75 Å². The summed E-state index contributed by atoms with van der Waals surface area (Å²) in [6.45, 7) is 0.416. The van der Waals surface area contributed by atoms with E-state index in [0.29, 0.717) is 24.8 Å². The highest BCUT2D eigenvalue weighted by molar-refractivity contribution is 5.76. The summed E-state index contributed by atoms with van der Waals surface area (Å²) in [6, 6.07) is 7.66. The summed E-state index contributed by atoms with van der Waals surface area (Å²) >= 11 is 0. The molecule has 0 aromatic heterocycles. The van der Waals surface area contributed by atoms with Crippen molar-refractivity contribution in [2.24, 2.45) is 0 Å². The van der Waals surface area contributed by atoms with Crippen LogP contribution in [0.5, 0.6) is 5.75 Å². The Labute approximate surface area is 101 Å². The second-order valence-electron chi connectivity index (χ2n) is 4.40. The maximum atomic E-state index is 11.7. The molecule has 0 atom stereocenters. The van der Waals surface area contributed by atoms with Crippen LogP contribution in [0.1, 0.15) is 19.3 Å². The van der Waals surface area contributed by atoms with Gasteiger partial charge in [-0.2, -0.15) is 0 Å². The fraction of sp³-hybridized carbons (Fsp3) is 0.462. The zero-order valence-corrected chi connectivity index (χ0v) is 10.1. The number of nitrogen functional groups attached to an aromatic ring is 1. The average molecular weight is 234 g/mol. The zero-order chi connectivity index (χ0) is 12.3. The Hall–Kier alpha value is -1.71. The van der Waals surface area contributed by atoms with Crippen molar-refractivity contribution in [3.05, 3.63) is 24.3 Å². The highest BCUT2D eigenvalue weighted by Gasteiger charge is 2.29. The summed E-state index contributed by atoms with van der Waals surface area (Å²) in [4.78, 5) is 13.5. The summed E-state index contributed by atoms with van der Waals surface area (Å²) in [7, 11) is 1.86. The Morgan fingerprint density at radius 1 is 1.41 bits per heavy atom. The highest BCUT2D eigenvalue weighted by Crippen LogP contribution is 2.25. The number of nitrogens with zero attached hydrogens (tertiary/aromatic N) is 1. The molecule has 1 fully saturated rings. The Morgan fingerprint density at radius 3 is 2.65 bits per heavy atom. The topological polar surface area (TPSA) is 55.6 Å². The van der Waals surface area contributed by atoms with E-state index in [0.717, 1.165) is 18.6 Å². The number of ether oxygens (including phenoxy) is 1. The van der Waals surface area contributed by atoms with Gasteiger partial charge in [-0.1, -0.05) is 0 Å². The van der Waals surface area contributed by atoms with Gasteiger partial charge in [-0.25, -0.2) is 0 Å². The lowest BCUT2D eigenvalue weighted by atomic mass is 10.3. The number of carbonyl (C=O) groups excluding carboxylic acids is 1. The van der Waals surface area contributed by atoms with E-state index >= 15 is 0 Å². The molecule has 0 unspecified atom stereocenters. The molecule has 4 heteroatoms. The minimum atomic E-state index is 0.156. The first-order valence-electron chi connectivity index (χ1n) is 5.91. The number of amides is 1. The quantitative estimate of drug-likeness (QED) is 0.788. The SMILES string of the molecule is CN(C(=O)CCOc1ccc(N)cc1)C1CC1. The number of nitrogens with two attached hydrogens (primary N) is 1. The van der Waals surface area contributed by atoms with Gasteiger partial charge >= 0.3 is 0 Å². The van der Waals surface area contributed by atoms with E-state index in [-0.39, 0.29) is 5.91 Å². The van der Waals surface area contributed by atoms with Crippen LogP contribution < -0.4 is 10.5 Å². The maximum Gasteiger partial charge on any atom is 0.225 e. The Morgan fingerprint density at radius 2 is 2.06 bits per heavy atom. The van der Waals surface area contributed by atoms with Crippen LogP contribution in [0.2, 0.25) is 0 Å². The van der Waals surface area contributed by atoms with Crippen LogP contribution in [-0.2, 0) is 4.79 Å². The lowest BCUT2D eigenvalue weighted by Crippen LogP contribution is -2.29. The van der Waals surface area contributed by atoms with Crippen molar-refractivity contribution >= 4 is 11.6 Å². The Kier molecular flexibility index (Phi) is 3.52. The normalized spacial score (nSPS) is 14.4. The van der Waals surface area contributed by atoms with Gasteiger partial charge < -0.3 is 15.4 Å². The van der Waals surface area contributed by atoms with Gasteiger partial charge in [-0.05, 0) is 37.1 Å². The predicted molar refractivity (Wildman–Crippen MR) is 66.8 cm³/mol. The van der Waals surface area contributed by atoms with Crippen molar-refractivity contribution in [3.63, 3.8) is 0 Å². The smallest absolute Gasteiger partial charge is 0.225 e. The molecule has 1 aliphatic rings. The van der Waals surface area contributed by atoms with E-state index in [9.17, 15) is 4.79 Å². The van der Waals surface area contributed by atoms with E-state index in [4.69, 9.17) is 10.5 Å². The monoisotopic (exact) mass is 234 g/mol. The lowest BCUT2D eigenvalue weighted by molar-refractivity contribution is -0.130. The molecule has 0 radical (unpaired) electrons. The predicted octanol–water partition coefficient (Wildman–Crippen LogP) is 1.66. The second kappa shape index (κ2) is 5.08. The molecule has 1 aliphatic carbocycles. The van der Waals surface area contributed by atoms with E-state index in [1.54, 1.807) is 12.1 Å². The number of rotatable bonds is 5. The summed E-state index contributed by atoms with van der Waals surface area (Å²) < 4.78 is 5.48. The van der Waals surface area contributed by atoms with E-state index in [2.05, 4.69) is 0 Å². The standard InChI is InChI=1S/C13H18N2O2/c1-15(11-4-5-11)13(16)8-9-17-12-6-2-10(14)3-7-12/h2-3,6-7,11H,4-5,8-9,14H2,1H3. The van der Waals surface area contributed by atoms with Crippen molar-refractivity contribution in [2.75, 3.05) is 19.4 Å². The van der Waals surface area contributed by atoms with Gasteiger partial charge in [0, 0.05) is 18.8 Å². The van der Waals surface area contributed by atoms with Crippen molar-refractivity contribution in [3.8, 4) is 5.75 Å². The van der Waals surface area contributed by atoms with Crippen molar-refractivity contribution in [1.29, 1.82) is 0 Å². The molecule has 0 bridgehead atoms. The number of anilines is 1. The van der Waals surface area contributed by atoms with Crippen LogP contribution in [0.15, 0.2) is 24.3 Å². The molecule has 1 amide bonds. The van der Waals surface area contributed by atoms with Crippen LogP contribution in [0.3, 0.4) is 0 Å². The van der Waals surface area contributed by atoms with Gasteiger partial charge in [-0.15, -0.1) is 0 Å². The van der Waals surface area contributed by atoms with E-state index in [1.165, 1.54) is 0 Å². The molecule has 2 N–H and O–H groups in total. The van der Waals surface area contributed by atoms with Crippen molar-refractivity contribution in [2.45, 2.75) is 25.3 Å². The first kappa shape index (κ1) is 11.8. The number of hydrogen-bond acceptors (Lipinski definition) is 3. The fourth-order valence-electron chi connectivity index (χ4n) is 1.66. The molecule has 92 valence electrons. The molecule has 0 heterocycles. The highest BCUT2D eigenvalue weighted by atomic mass is 16.5. The second-order valence-corrected chi connectivity index (χ2v) is 4.40. The average Bonchev–Trinajstić information content (AvgIpc) is 3.14. The Balaban J connectivity index is 1.71. The van der Waals surface area contributed by atoms with Crippen molar-refractivity contribution < 1.29 is 9.53 Å². The van der Waals surface area contributed by atoms with Gasteiger partial charge in [0.2, 0.25) is 5.91 Å². The molecule has 1 aromatic carbocycles. The summed E-state index contributed by atoms with van der Waals surface area (Å²) in [5.41, 5.74) is 6.28. The minimum absolute atomic E-state index is 0.156. The van der Waals surface area contributed by atoms with Gasteiger partial charge in [0.05, 0.1) is 13.0 Å². The first-order chi connectivity index (χ1) is 8.16. The van der Waals surface area contributed by atoms with Crippen LogP contribution in [0, 0.1) is 0 Å². The molecular formula is C13H18N2O2. The largest absolute Gasteiger partial charge is 0.493 e. The third-order valence-electron chi connectivity index (χ3n) is 2.95. The van der Waals surface area contributed by atoms with Gasteiger partial charge in [0.15, 0.2) is 0 Å². The summed E-state index contributed by atoms with van der Waals surface area (Å²) in [6.07, 6.45) is 2.71. The zero-order valence-electron chi connectivity index (χ0n) is 10.1. The molecule has 1 aromatic rings. The first-order valence-corrected chi connectivity index (χ1v) is 5.91. The van der Waals surface area contributed by atoms with Crippen LogP contribution >= 0.6 is 0 Å². The van der Waals surface area contributed by atoms with Crippen molar-refractivity contribution in [1.82, 2.24) is 4.90 Å². The molecule has 17 heavy (non-hydrogen) atoms. The lowest BCUT2D eigenvalue weighted by Gasteiger charge is -2.16. The number of benzene rings is 1. The molecule has 4 nitrogen and oxygen atoms in total. The van der Waals surface area contributed by atoms with E-state index in [1.807, 2.05) is 24.1 Å². The molecule has 0 saturated heterocycles. The third-order valence-corrected chi connectivity index (χ3v) is 2.95. The molecule has 0 spiro atoms. The summed E-state index contributed by atoms with van der Waals surface area (Å²) in [5.74, 6) is 0.907. The van der Waals surface area contributed by atoms with E-state index < -0.39 is 0 Å². The molecular weight excluding hydrogens is 216 g/mol. The molecule has 2 rings (SSSR count). The molecule has 1 saturated carbocycles. The van der Waals surface area contributed by atoms with Crippen LogP contribution in [-0.4, -0.2) is 30.5 Å². The number of hydrogen-bond donors (Lipinski definition) is 1.